The molecule has 2 unspecified atom stereocenters. The van der Waals surface area contributed by atoms with Crippen LogP contribution in [0.3, 0.4) is 0 Å². The van der Waals surface area contributed by atoms with Crippen molar-refractivity contribution in [1.29, 1.82) is 0 Å². The van der Waals surface area contributed by atoms with E-state index in [0.29, 0.717) is 23.3 Å². The molecule has 3 heterocycles. The molecule has 25 heavy (non-hydrogen) atoms. The lowest BCUT2D eigenvalue weighted by atomic mass is 9.97. The van der Waals surface area contributed by atoms with Gasteiger partial charge in [-0.25, -0.2) is 0 Å². The van der Waals surface area contributed by atoms with Gasteiger partial charge >= 0.3 is 0 Å². The van der Waals surface area contributed by atoms with Crippen LogP contribution in [0, 0.1) is 0 Å². The first-order chi connectivity index (χ1) is 12.1. The number of nitrogens with zero attached hydrogens (tertiary/aromatic N) is 1. The highest BCUT2D eigenvalue weighted by Crippen LogP contribution is 2.28. The molecule has 134 valence electrons. The zero-order chi connectivity index (χ0) is 17.4. The molecule has 1 amide bonds. The number of thiocarbonyl (C=S) groups is 1. The first kappa shape index (κ1) is 17.2. The van der Waals surface area contributed by atoms with E-state index in [0.717, 1.165) is 37.2 Å². The van der Waals surface area contributed by atoms with Crippen molar-refractivity contribution in [2.45, 2.75) is 31.1 Å². The molecule has 0 saturated carbocycles. The Labute approximate surface area is 157 Å². The van der Waals surface area contributed by atoms with Gasteiger partial charge in [-0.05, 0) is 48.4 Å². The largest absolute Gasteiger partial charge is 0.378 e. The molecule has 0 spiro atoms. The Balaban J connectivity index is 1.61. The monoisotopic (exact) mass is 380 g/mol. The average molecular weight is 381 g/mol. The number of hydrogen-bond acceptors (Lipinski definition) is 5. The molecule has 3 aliphatic heterocycles. The average Bonchev–Trinajstić information content (AvgIpc) is 3.10. The van der Waals surface area contributed by atoms with Gasteiger partial charge in [-0.2, -0.15) is 0 Å². The third kappa shape index (κ3) is 3.39. The van der Waals surface area contributed by atoms with Gasteiger partial charge in [-0.3, -0.25) is 4.79 Å². The minimum atomic E-state index is -0.196. The van der Waals surface area contributed by atoms with E-state index in [2.05, 4.69) is 20.9 Å². The fraction of sp³-hybridized carbons (Fsp3) is 0.529. The van der Waals surface area contributed by atoms with Crippen molar-refractivity contribution in [2.75, 3.05) is 26.3 Å². The molecule has 4 rings (SSSR count). The molecule has 1 aromatic carbocycles. The number of fused-ring (bicyclic) bond motifs is 1. The van der Waals surface area contributed by atoms with Gasteiger partial charge in [0.05, 0.1) is 25.3 Å². The Kier molecular flexibility index (Phi) is 4.92. The van der Waals surface area contributed by atoms with E-state index in [1.807, 2.05) is 18.2 Å². The van der Waals surface area contributed by atoms with Crippen molar-refractivity contribution in [1.82, 2.24) is 20.9 Å². The normalized spacial score (nSPS) is 29.5. The fourth-order valence-electron chi connectivity index (χ4n) is 3.87. The van der Waals surface area contributed by atoms with Crippen molar-refractivity contribution >= 4 is 34.8 Å². The lowest BCUT2D eigenvalue weighted by molar-refractivity contribution is -0.123. The summed E-state index contributed by atoms with van der Waals surface area (Å²) < 4.78 is 5.61. The number of amides is 1. The maximum Gasteiger partial charge on any atom is 0.245 e. The number of hydrogen-bond donors (Lipinski definition) is 3. The van der Waals surface area contributed by atoms with Crippen molar-refractivity contribution in [3.8, 4) is 0 Å². The molecule has 0 aromatic heterocycles. The number of benzene rings is 1. The van der Waals surface area contributed by atoms with Gasteiger partial charge in [0.25, 0.3) is 0 Å². The number of ether oxygens (including phenoxy) is 1. The Morgan fingerprint density at radius 3 is 3.00 bits per heavy atom. The zero-order valence-corrected chi connectivity index (χ0v) is 15.3. The maximum atomic E-state index is 12.1. The summed E-state index contributed by atoms with van der Waals surface area (Å²) in [6.45, 7) is 3.65. The van der Waals surface area contributed by atoms with Gasteiger partial charge < -0.3 is 25.6 Å². The SMILES string of the molecule is O=C1NC(=S)N(Cc2ccc(Cl)cc2[C@@H]2COCCN2)C2CCNC12. The van der Waals surface area contributed by atoms with Crippen LogP contribution in [-0.2, 0) is 16.1 Å². The van der Waals surface area contributed by atoms with Crippen LogP contribution in [0.25, 0.3) is 0 Å². The third-order valence-electron chi connectivity index (χ3n) is 5.11. The number of morpholine rings is 1. The van der Waals surface area contributed by atoms with E-state index in [9.17, 15) is 4.79 Å². The molecule has 0 bridgehead atoms. The van der Waals surface area contributed by atoms with E-state index in [4.69, 9.17) is 28.6 Å². The highest BCUT2D eigenvalue weighted by Gasteiger charge is 2.42. The van der Waals surface area contributed by atoms with Crippen LogP contribution in [-0.4, -0.2) is 54.3 Å². The predicted molar refractivity (Wildman–Crippen MR) is 99.5 cm³/mol. The fourth-order valence-corrected chi connectivity index (χ4v) is 4.35. The van der Waals surface area contributed by atoms with Gasteiger partial charge in [0.2, 0.25) is 5.91 Å². The molecule has 6 nitrogen and oxygen atoms in total. The molecule has 3 saturated heterocycles. The maximum absolute atomic E-state index is 12.1. The van der Waals surface area contributed by atoms with Crippen LogP contribution in [0.4, 0.5) is 0 Å². The summed E-state index contributed by atoms with van der Waals surface area (Å²) in [7, 11) is 0. The number of nitrogens with one attached hydrogen (secondary N) is 3. The Morgan fingerprint density at radius 2 is 2.20 bits per heavy atom. The summed E-state index contributed by atoms with van der Waals surface area (Å²) >= 11 is 11.7. The summed E-state index contributed by atoms with van der Waals surface area (Å²) in [6.07, 6.45) is 0.909. The number of halogens is 1. The molecule has 0 aliphatic carbocycles. The van der Waals surface area contributed by atoms with Gasteiger partial charge in [0.1, 0.15) is 6.04 Å². The molecular formula is C17H21ClN4O2S. The van der Waals surface area contributed by atoms with Gasteiger partial charge in [-0.1, -0.05) is 17.7 Å². The molecule has 3 aliphatic rings. The van der Waals surface area contributed by atoms with Crippen LogP contribution in [0.15, 0.2) is 18.2 Å². The first-order valence-electron chi connectivity index (χ1n) is 8.58. The van der Waals surface area contributed by atoms with Gasteiger partial charge in [0, 0.05) is 18.1 Å². The minimum Gasteiger partial charge on any atom is -0.378 e. The highest BCUT2D eigenvalue weighted by molar-refractivity contribution is 7.80. The molecule has 3 atom stereocenters. The lowest BCUT2D eigenvalue weighted by Gasteiger charge is -2.39. The first-order valence-corrected chi connectivity index (χ1v) is 9.36. The molecule has 3 N–H and O–H groups in total. The van der Waals surface area contributed by atoms with Gasteiger partial charge in [-0.15, -0.1) is 0 Å². The number of rotatable bonds is 3. The summed E-state index contributed by atoms with van der Waals surface area (Å²) in [5.41, 5.74) is 2.28. The van der Waals surface area contributed by atoms with Crippen molar-refractivity contribution < 1.29 is 9.53 Å². The van der Waals surface area contributed by atoms with Crippen molar-refractivity contribution in [3.63, 3.8) is 0 Å². The third-order valence-corrected chi connectivity index (χ3v) is 5.68. The highest BCUT2D eigenvalue weighted by atomic mass is 35.5. The summed E-state index contributed by atoms with van der Waals surface area (Å²) in [4.78, 5) is 14.2. The molecule has 0 radical (unpaired) electrons. The van der Waals surface area contributed by atoms with E-state index in [1.165, 1.54) is 0 Å². The number of carbonyl (C=O) groups is 1. The van der Waals surface area contributed by atoms with Crippen LogP contribution in [0.5, 0.6) is 0 Å². The number of carbonyl (C=O) groups excluding carboxylic acids is 1. The quantitative estimate of drug-likeness (QED) is 0.678. The van der Waals surface area contributed by atoms with E-state index < -0.39 is 0 Å². The van der Waals surface area contributed by atoms with Crippen LogP contribution >= 0.6 is 23.8 Å². The second-order valence-electron chi connectivity index (χ2n) is 6.63. The topological polar surface area (TPSA) is 65.6 Å². The summed E-state index contributed by atoms with van der Waals surface area (Å²) in [5.74, 6) is -0.0255. The molecule has 1 aromatic rings. The molecule has 8 heteroatoms. The Morgan fingerprint density at radius 1 is 1.32 bits per heavy atom. The van der Waals surface area contributed by atoms with E-state index in [-0.39, 0.29) is 24.0 Å². The Bertz CT molecular complexity index is 695. The summed E-state index contributed by atoms with van der Waals surface area (Å²) in [5, 5.41) is 10.8. The Hall–Kier alpha value is -1.25. The lowest BCUT2D eigenvalue weighted by Crippen LogP contribution is -2.63. The summed E-state index contributed by atoms with van der Waals surface area (Å²) in [6, 6.07) is 5.97. The van der Waals surface area contributed by atoms with Gasteiger partial charge in [0.15, 0.2) is 5.11 Å². The second-order valence-corrected chi connectivity index (χ2v) is 7.46. The van der Waals surface area contributed by atoms with Crippen LogP contribution in [0.1, 0.15) is 23.6 Å². The smallest absolute Gasteiger partial charge is 0.245 e. The minimum absolute atomic E-state index is 0.0255. The molecular weight excluding hydrogens is 360 g/mol. The van der Waals surface area contributed by atoms with E-state index >= 15 is 0 Å². The predicted octanol–water partition coefficient (Wildman–Crippen LogP) is 0.948. The second kappa shape index (κ2) is 7.17. The van der Waals surface area contributed by atoms with Crippen LogP contribution in [0.2, 0.25) is 5.02 Å². The molecule has 3 fully saturated rings. The van der Waals surface area contributed by atoms with Crippen molar-refractivity contribution in [3.05, 3.63) is 34.3 Å². The van der Waals surface area contributed by atoms with Crippen molar-refractivity contribution in [2.24, 2.45) is 0 Å². The van der Waals surface area contributed by atoms with E-state index in [1.54, 1.807) is 0 Å². The van der Waals surface area contributed by atoms with Crippen LogP contribution < -0.4 is 16.0 Å². The standard InChI is InChI=1S/C17H21ClN4O2S/c18-11-2-1-10(12(7-11)13-9-24-6-5-19-13)8-22-14-3-4-20-15(14)16(23)21-17(22)25/h1-2,7,13-15,19-20H,3-6,8-9H2,(H,21,23,25)/t13-,14?,15?/m0/s1. The zero-order valence-electron chi connectivity index (χ0n) is 13.8.